The Kier molecular flexibility index (Phi) is 4.97. The van der Waals surface area contributed by atoms with Gasteiger partial charge in [-0.25, -0.2) is 8.42 Å². The summed E-state index contributed by atoms with van der Waals surface area (Å²) >= 11 is 0. The van der Waals surface area contributed by atoms with Gasteiger partial charge in [0.2, 0.25) is 15.9 Å². The van der Waals surface area contributed by atoms with E-state index in [-0.39, 0.29) is 5.91 Å². The maximum atomic E-state index is 12.3. The van der Waals surface area contributed by atoms with Gasteiger partial charge in [0.15, 0.2) is 0 Å². The van der Waals surface area contributed by atoms with E-state index in [0.29, 0.717) is 32.6 Å². The number of carbonyl (C=O) groups is 1. The van der Waals surface area contributed by atoms with Crippen LogP contribution < -0.4 is 5.73 Å². The standard InChI is InChI=1S/C14H21N3O3S/c1-21(19,20)17-9-7-16(8-10-17)14(18)13(15)11-12-5-3-2-4-6-12/h2-6,13H,7-11,15H2,1H3/t13-/m0/s1. The summed E-state index contributed by atoms with van der Waals surface area (Å²) in [6, 6.07) is 9.04. The van der Waals surface area contributed by atoms with E-state index in [1.54, 1.807) is 4.90 Å². The minimum atomic E-state index is -3.18. The zero-order valence-corrected chi connectivity index (χ0v) is 12.9. The number of amides is 1. The molecule has 21 heavy (non-hydrogen) atoms. The Labute approximate surface area is 125 Å². The molecule has 0 unspecified atom stereocenters. The first-order chi connectivity index (χ1) is 9.88. The molecule has 1 amide bonds. The number of nitrogens with two attached hydrogens (primary N) is 1. The van der Waals surface area contributed by atoms with Gasteiger partial charge in [-0.15, -0.1) is 0 Å². The summed E-state index contributed by atoms with van der Waals surface area (Å²) in [5, 5.41) is 0. The van der Waals surface area contributed by atoms with Crippen molar-refractivity contribution in [3.8, 4) is 0 Å². The van der Waals surface area contributed by atoms with Gasteiger partial charge in [0.05, 0.1) is 12.3 Å². The molecule has 1 fully saturated rings. The fourth-order valence-corrected chi connectivity index (χ4v) is 3.26. The molecule has 0 aliphatic carbocycles. The van der Waals surface area contributed by atoms with Crippen molar-refractivity contribution < 1.29 is 13.2 Å². The third-order valence-corrected chi connectivity index (χ3v) is 4.94. The predicted octanol–water partition coefficient (Wildman–Crippen LogP) is -0.340. The third kappa shape index (κ3) is 4.26. The monoisotopic (exact) mass is 311 g/mol. The zero-order valence-electron chi connectivity index (χ0n) is 12.1. The van der Waals surface area contributed by atoms with Crippen LogP contribution in [0, 0.1) is 0 Å². The Balaban J connectivity index is 1.90. The second-order valence-corrected chi connectivity index (χ2v) is 7.27. The molecule has 116 valence electrons. The Morgan fingerprint density at radius 1 is 1.19 bits per heavy atom. The summed E-state index contributed by atoms with van der Waals surface area (Å²) in [6.45, 7) is 1.47. The van der Waals surface area contributed by atoms with E-state index >= 15 is 0 Å². The van der Waals surface area contributed by atoms with Gasteiger partial charge in [-0.1, -0.05) is 30.3 Å². The lowest BCUT2D eigenvalue weighted by atomic mass is 10.1. The summed E-state index contributed by atoms with van der Waals surface area (Å²) in [5.41, 5.74) is 7.00. The van der Waals surface area contributed by atoms with E-state index in [1.807, 2.05) is 30.3 Å². The van der Waals surface area contributed by atoms with Crippen LogP contribution in [0.1, 0.15) is 5.56 Å². The smallest absolute Gasteiger partial charge is 0.239 e. The van der Waals surface area contributed by atoms with E-state index in [2.05, 4.69) is 0 Å². The molecular weight excluding hydrogens is 290 g/mol. The zero-order chi connectivity index (χ0) is 15.5. The molecule has 0 spiro atoms. The van der Waals surface area contributed by atoms with Crippen molar-refractivity contribution in [1.29, 1.82) is 0 Å². The molecule has 0 radical (unpaired) electrons. The lowest BCUT2D eigenvalue weighted by Gasteiger charge is -2.34. The molecule has 2 N–H and O–H groups in total. The van der Waals surface area contributed by atoms with E-state index in [9.17, 15) is 13.2 Å². The minimum Gasteiger partial charge on any atom is -0.339 e. The van der Waals surface area contributed by atoms with Gasteiger partial charge in [-0.05, 0) is 12.0 Å². The minimum absolute atomic E-state index is 0.119. The van der Waals surface area contributed by atoms with Crippen LogP contribution in [-0.2, 0) is 21.2 Å². The molecule has 2 rings (SSSR count). The van der Waals surface area contributed by atoms with Crippen LogP contribution in [0.25, 0.3) is 0 Å². The van der Waals surface area contributed by atoms with Crippen LogP contribution in [0.4, 0.5) is 0 Å². The largest absolute Gasteiger partial charge is 0.339 e. The molecule has 1 heterocycles. The molecule has 1 aromatic rings. The van der Waals surface area contributed by atoms with Crippen molar-refractivity contribution in [3.05, 3.63) is 35.9 Å². The number of sulfonamides is 1. The van der Waals surface area contributed by atoms with Gasteiger partial charge in [0, 0.05) is 26.2 Å². The maximum absolute atomic E-state index is 12.3. The second kappa shape index (κ2) is 6.55. The Hall–Kier alpha value is -1.44. The molecule has 1 saturated heterocycles. The summed E-state index contributed by atoms with van der Waals surface area (Å²) in [6.07, 6.45) is 1.68. The average molecular weight is 311 g/mol. The molecule has 1 aromatic carbocycles. The first-order valence-electron chi connectivity index (χ1n) is 6.91. The highest BCUT2D eigenvalue weighted by molar-refractivity contribution is 7.88. The molecule has 1 aliphatic heterocycles. The molecule has 0 saturated carbocycles. The highest BCUT2D eigenvalue weighted by atomic mass is 32.2. The van der Waals surface area contributed by atoms with Gasteiger partial charge >= 0.3 is 0 Å². The second-order valence-electron chi connectivity index (χ2n) is 5.28. The lowest BCUT2D eigenvalue weighted by Crippen LogP contribution is -2.54. The van der Waals surface area contributed by atoms with Crippen molar-refractivity contribution in [1.82, 2.24) is 9.21 Å². The third-order valence-electron chi connectivity index (χ3n) is 3.63. The van der Waals surface area contributed by atoms with Crippen molar-refractivity contribution in [2.24, 2.45) is 5.73 Å². The highest BCUT2D eigenvalue weighted by Gasteiger charge is 2.28. The van der Waals surface area contributed by atoms with Gasteiger partial charge < -0.3 is 10.6 Å². The average Bonchev–Trinajstić information content (AvgIpc) is 2.46. The summed E-state index contributed by atoms with van der Waals surface area (Å²) in [4.78, 5) is 13.9. The predicted molar refractivity (Wildman–Crippen MR) is 81.1 cm³/mol. The number of carbonyl (C=O) groups excluding carboxylic acids is 1. The van der Waals surface area contributed by atoms with Gasteiger partial charge in [0.25, 0.3) is 0 Å². The van der Waals surface area contributed by atoms with Crippen molar-refractivity contribution in [3.63, 3.8) is 0 Å². The van der Waals surface area contributed by atoms with Gasteiger partial charge in [0.1, 0.15) is 0 Å². The van der Waals surface area contributed by atoms with Crippen molar-refractivity contribution in [2.75, 3.05) is 32.4 Å². The number of hydrogen-bond acceptors (Lipinski definition) is 4. The molecule has 0 bridgehead atoms. The van der Waals surface area contributed by atoms with Crippen molar-refractivity contribution in [2.45, 2.75) is 12.5 Å². The Morgan fingerprint density at radius 2 is 1.76 bits per heavy atom. The van der Waals surface area contributed by atoms with E-state index in [0.717, 1.165) is 5.56 Å². The maximum Gasteiger partial charge on any atom is 0.239 e. The van der Waals surface area contributed by atoms with Crippen LogP contribution in [0.2, 0.25) is 0 Å². The first-order valence-corrected chi connectivity index (χ1v) is 8.76. The quantitative estimate of drug-likeness (QED) is 0.824. The SMILES string of the molecule is CS(=O)(=O)N1CCN(C(=O)[C@@H](N)Cc2ccccc2)CC1. The molecule has 6 nitrogen and oxygen atoms in total. The van der Waals surface area contributed by atoms with E-state index in [1.165, 1.54) is 10.6 Å². The molecule has 1 aliphatic rings. The van der Waals surface area contributed by atoms with Crippen LogP contribution in [-0.4, -0.2) is 62.0 Å². The molecular formula is C14H21N3O3S. The van der Waals surface area contributed by atoms with E-state index in [4.69, 9.17) is 5.73 Å². The molecule has 0 aromatic heterocycles. The van der Waals surface area contributed by atoms with Gasteiger partial charge in [-0.3, -0.25) is 4.79 Å². The number of hydrogen-bond donors (Lipinski definition) is 1. The van der Waals surface area contributed by atoms with Crippen LogP contribution in [0.5, 0.6) is 0 Å². The summed E-state index contributed by atoms with van der Waals surface area (Å²) in [7, 11) is -3.18. The number of benzene rings is 1. The van der Waals surface area contributed by atoms with E-state index < -0.39 is 16.1 Å². The van der Waals surface area contributed by atoms with Crippen LogP contribution in [0.15, 0.2) is 30.3 Å². The Morgan fingerprint density at radius 3 is 2.29 bits per heavy atom. The molecule has 1 atom stereocenters. The fraction of sp³-hybridized carbons (Fsp3) is 0.500. The lowest BCUT2D eigenvalue weighted by molar-refractivity contribution is -0.133. The van der Waals surface area contributed by atoms with Crippen molar-refractivity contribution >= 4 is 15.9 Å². The van der Waals surface area contributed by atoms with Crippen LogP contribution >= 0.6 is 0 Å². The number of piperazine rings is 1. The Bertz CT molecular complexity index is 581. The summed E-state index contributed by atoms with van der Waals surface area (Å²) in [5.74, 6) is -0.119. The normalized spacial score (nSPS) is 18.5. The van der Waals surface area contributed by atoms with Gasteiger partial charge in [-0.2, -0.15) is 4.31 Å². The highest BCUT2D eigenvalue weighted by Crippen LogP contribution is 2.09. The summed E-state index contributed by atoms with van der Waals surface area (Å²) < 4.78 is 24.3. The topological polar surface area (TPSA) is 83.7 Å². The van der Waals surface area contributed by atoms with Crippen LogP contribution in [0.3, 0.4) is 0 Å². The first kappa shape index (κ1) is 15.9. The number of rotatable bonds is 4. The fourth-order valence-electron chi connectivity index (χ4n) is 2.43. The molecule has 7 heteroatoms. The number of nitrogens with zero attached hydrogens (tertiary/aromatic N) is 2.